The van der Waals surface area contributed by atoms with Crippen LogP contribution in [0.25, 0.3) is 5.69 Å². The Balaban J connectivity index is 2.41. The fraction of sp³-hybridized carbons (Fsp3) is 0. The van der Waals surface area contributed by atoms with Gasteiger partial charge in [-0.25, -0.2) is 9.07 Å². The number of aromatic nitrogens is 2. The van der Waals surface area contributed by atoms with Gasteiger partial charge in [0.15, 0.2) is 0 Å². The first-order chi connectivity index (χ1) is 6.25. The third-order valence-electron chi connectivity index (χ3n) is 1.65. The van der Waals surface area contributed by atoms with Gasteiger partial charge in [-0.05, 0) is 46.3 Å². The molecule has 66 valence electrons. The van der Waals surface area contributed by atoms with Gasteiger partial charge < -0.3 is 0 Å². The van der Waals surface area contributed by atoms with E-state index >= 15 is 0 Å². The molecular formula is C9H6BrFN2. The van der Waals surface area contributed by atoms with E-state index < -0.39 is 0 Å². The highest BCUT2D eigenvalue weighted by atomic mass is 79.9. The summed E-state index contributed by atoms with van der Waals surface area (Å²) >= 11 is 3.24. The van der Waals surface area contributed by atoms with Crippen LogP contribution in [0, 0.1) is 5.82 Å². The van der Waals surface area contributed by atoms with Gasteiger partial charge in [0.05, 0.1) is 5.69 Å². The second kappa shape index (κ2) is 3.30. The van der Waals surface area contributed by atoms with Crippen LogP contribution in [0.2, 0.25) is 0 Å². The fourth-order valence-electron chi connectivity index (χ4n) is 1.04. The van der Waals surface area contributed by atoms with Gasteiger partial charge in [-0.15, -0.1) is 0 Å². The summed E-state index contributed by atoms with van der Waals surface area (Å²) in [4.78, 5) is 0. The second-order valence-electron chi connectivity index (χ2n) is 2.56. The van der Waals surface area contributed by atoms with E-state index in [1.807, 2.05) is 6.07 Å². The van der Waals surface area contributed by atoms with Crippen molar-refractivity contribution in [2.75, 3.05) is 0 Å². The highest BCUT2D eigenvalue weighted by Gasteiger charge is 1.98. The lowest BCUT2D eigenvalue weighted by Crippen LogP contribution is -1.93. The highest BCUT2D eigenvalue weighted by Crippen LogP contribution is 2.11. The van der Waals surface area contributed by atoms with Crippen LogP contribution < -0.4 is 0 Å². The molecule has 0 aliphatic rings. The fourth-order valence-corrected chi connectivity index (χ4v) is 1.33. The predicted molar refractivity (Wildman–Crippen MR) is 51.2 cm³/mol. The number of nitrogens with zero attached hydrogens (tertiary/aromatic N) is 2. The van der Waals surface area contributed by atoms with Crippen LogP contribution in [0.4, 0.5) is 4.39 Å². The van der Waals surface area contributed by atoms with Crippen molar-refractivity contribution in [2.45, 2.75) is 0 Å². The number of rotatable bonds is 1. The summed E-state index contributed by atoms with van der Waals surface area (Å²) in [5.41, 5.74) is 0.840. The predicted octanol–water partition coefficient (Wildman–Crippen LogP) is 2.77. The van der Waals surface area contributed by atoms with Gasteiger partial charge in [0.25, 0.3) is 0 Å². The largest absolute Gasteiger partial charge is 0.240 e. The Morgan fingerprint density at radius 2 is 1.85 bits per heavy atom. The van der Waals surface area contributed by atoms with E-state index in [0.29, 0.717) is 0 Å². The molecular weight excluding hydrogens is 235 g/mol. The quantitative estimate of drug-likeness (QED) is 0.750. The Bertz CT molecular complexity index is 408. The van der Waals surface area contributed by atoms with Crippen molar-refractivity contribution in [3.05, 3.63) is 46.9 Å². The first-order valence-corrected chi connectivity index (χ1v) is 4.52. The van der Waals surface area contributed by atoms with Crippen LogP contribution in [-0.4, -0.2) is 9.78 Å². The van der Waals surface area contributed by atoms with Crippen LogP contribution >= 0.6 is 15.9 Å². The summed E-state index contributed by atoms with van der Waals surface area (Å²) in [6.45, 7) is 0. The van der Waals surface area contributed by atoms with E-state index in [-0.39, 0.29) is 5.82 Å². The summed E-state index contributed by atoms with van der Waals surface area (Å²) < 4.78 is 15.0. The molecule has 0 N–H and O–H groups in total. The average Bonchev–Trinajstić information content (AvgIpc) is 2.53. The van der Waals surface area contributed by atoms with E-state index in [1.165, 1.54) is 12.1 Å². The molecule has 0 aliphatic carbocycles. The van der Waals surface area contributed by atoms with Crippen molar-refractivity contribution in [1.82, 2.24) is 9.78 Å². The van der Waals surface area contributed by atoms with Crippen molar-refractivity contribution >= 4 is 15.9 Å². The molecule has 13 heavy (non-hydrogen) atoms. The van der Waals surface area contributed by atoms with Crippen molar-refractivity contribution in [3.8, 4) is 5.69 Å². The molecule has 0 bridgehead atoms. The minimum atomic E-state index is -0.241. The molecule has 0 radical (unpaired) electrons. The number of hydrogen-bond donors (Lipinski definition) is 0. The Hall–Kier alpha value is -1.16. The average molecular weight is 241 g/mol. The molecule has 1 aromatic heterocycles. The molecule has 0 fully saturated rings. The third-order valence-corrected chi connectivity index (χ3v) is 2.07. The zero-order valence-corrected chi connectivity index (χ0v) is 8.20. The highest BCUT2D eigenvalue weighted by molar-refractivity contribution is 9.10. The van der Waals surface area contributed by atoms with Crippen LogP contribution in [-0.2, 0) is 0 Å². The number of hydrogen-bond acceptors (Lipinski definition) is 1. The zero-order valence-electron chi connectivity index (χ0n) is 6.61. The van der Waals surface area contributed by atoms with Gasteiger partial charge in [-0.3, -0.25) is 0 Å². The smallest absolute Gasteiger partial charge is 0.128 e. The molecule has 0 saturated carbocycles. The molecule has 0 aliphatic heterocycles. The summed E-state index contributed by atoms with van der Waals surface area (Å²) in [5, 5.41) is 4.12. The molecule has 0 amide bonds. The van der Waals surface area contributed by atoms with E-state index in [4.69, 9.17) is 0 Å². The maximum Gasteiger partial charge on any atom is 0.128 e. The lowest BCUT2D eigenvalue weighted by molar-refractivity contribution is 0.627. The molecule has 2 rings (SSSR count). The Labute approximate surface area is 83.1 Å². The van der Waals surface area contributed by atoms with Crippen molar-refractivity contribution in [2.24, 2.45) is 0 Å². The van der Waals surface area contributed by atoms with Crippen molar-refractivity contribution < 1.29 is 4.39 Å². The minimum Gasteiger partial charge on any atom is -0.240 e. The molecule has 0 saturated heterocycles. The first-order valence-electron chi connectivity index (χ1n) is 3.73. The van der Waals surface area contributed by atoms with E-state index in [2.05, 4.69) is 21.0 Å². The second-order valence-corrected chi connectivity index (χ2v) is 3.37. The van der Waals surface area contributed by atoms with Gasteiger partial charge in [0, 0.05) is 6.20 Å². The number of benzene rings is 1. The Morgan fingerprint density at radius 3 is 2.38 bits per heavy atom. The lowest BCUT2D eigenvalue weighted by atomic mass is 10.3. The van der Waals surface area contributed by atoms with E-state index in [0.717, 1.165) is 10.3 Å². The monoisotopic (exact) mass is 240 g/mol. The van der Waals surface area contributed by atoms with Gasteiger partial charge >= 0.3 is 0 Å². The minimum absolute atomic E-state index is 0.241. The zero-order chi connectivity index (χ0) is 9.26. The third kappa shape index (κ3) is 1.78. The summed E-state index contributed by atoms with van der Waals surface area (Å²) in [6, 6.07) is 7.99. The van der Waals surface area contributed by atoms with Gasteiger partial charge in [0.2, 0.25) is 0 Å². The standard InChI is InChI=1S/C9H6BrFN2/c10-9-5-6-13(12-9)8-3-1-7(11)2-4-8/h1-6H. The van der Waals surface area contributed by atoms with E-state index in [9.17, 15) is 4.39 Å². The van der Waals surface area contributed by atoms with Crippen LogP contribution in [0.1, 0.15) is 0 Å². The summed E-state index contributed by atoms with van der Waals surface area (Å²) in [7, 11) is 0. The molecule has 4 heteroatoms. The Morgan fingerprint density at radius 1 is 1.15 bits per heavy atom. The maximum atomic E-state index is 12.6. The molecule has 2 nitrogen and oxygen atoms in total. The van der Waals surface area contributed by atoms with Crippen molar-refractivity contribution in [1.29, 1.82) is 0 Å². The molecule has 0 spiro atoms. The molecule has 1 aromatic carbocycles. The van der Waals surface area contributed by atoms with Gasteiger partial charge in [-0.1, -0.05) is 0 Å². The molecule has 2 aromatic rings. The number of halogens is 2. The van der Waals surface area contributed by atoms with Crippen LogP contribution in [0.3, 0.4) is 0 Å². The molecule has 0 atom stereocenters. The SMILES string of the molecule is Fc1ccc(-n2ccc(Br)n2)cc1. The summed E-state index contributed by atoms with van der Waals surface area (Å²) in [5.74, 6) is -0.241. The topological polar surface area (TPSA) is 17.8 Å². The van der Waals surface area contributed by atoms with Crippen molar-refractivity contribution in [3.63, 3.8) is 0 Å². The van der Waals surface area contributed by atoms with Crippen LogP contribution in [0.5, 0.6) is 0 Å². The molecule has 0 unspecified atom stereocenters. The normalized spacial score (nSPS) is 10.3. The maximum absolute atomic E-state index is 12.6. The first kappa shape index (κ1) is 8.44. The van der Waals surface area contributed by atoms with Crippen LogP contribution in [0.15, 0.2) is 41.1 Å². The summed E-state index contributed by atoms with van der Waals surface area (Å²) in [6.07, 6.45) is 1.80. The Kier molecular flexibility index (Phi) is 2.14. The van der Waals surface area contributed by atoms with Gasteiger partial charge in [-0.2, -0.15) is 5.10 Å². The van der Waals surface area contributed by atoms with Gasteiger partial charge in [0.1, 0.15) is 10.4 Å². The van der Waals surface area contributed by atoms with E-state index in [1.54, 1.807) is 23.0 Å². The molecule has 1 heterocycles. The lowest BCUT2D eigenvalue weighted by Gasteiger charge is -1.99.